The van der Waals surface area contributed by atoms with Crippen molar-refractivity contribution in [1.82, 2.24) is 10.2 Å². The molecule has 0 fully saturated rings. The summed E-state index contributed by atoms with van der Waals surface area (Å²) >= 11 is 13.2. The Balaban J connectivity index is 1.82. The van der Waals surface area contributed by atoms with Gasteiger partial charge in [0, 0.05) is 15.6 Å². The van der Waals surface area contributed by atoms with Crippen molar-refractivity contribution >= 4 is 61.3 Å². The molecule has 7 nitrogen and oxygen atoms in total. The number of carbonyl (C=O) groups is 1. The topological polar surface area (TPSA) is 92.3 Å². The summed E-state index contributed by atoms with van der Waals surface area (Å²) in [6, 6.07) is 10.8. The summed E-state index contributed by atoms with van der Waals surface area (Å²) in [6.45, 7) is 3.30. The molecule has 0 saturated heterocycles. The zero-order valence-electron chi connectivity index (χ0n) is 16.3. The SMILES string of the molecule is Cc1ccc(N(C(C)C(=O)Nc2nnc(-c3ccc(Cl)cc3)s2)S(C)(=O)=O)cc1Cl. The quantitative estimate of drug-likeness (QED) is 0.551. The molecular formula is C19H18Cl2N4O3S2. The summed E-state index contributed by atoms with van der Waals surface area (Å²) in [4.78, 5) is 12.8. The fraction of sp³-hybridized carbons (Fsp3) is 0.211. The molecule has 3 rings (SSSR count). The van der Waals surface area contributed by atoms with E-state index in [0.717, 1.165) is 21.7 Å². The highest BCUT2D eigenvalue weighted by atomic mass is 35.5. The first-order valence-electron chi connectivity index (χ1n) is 8.72. The number of carbonyl (C=O) groups excluding carboxylic acids is 1. The summed E-state index contributed by atoms with van der Waals surface area (Å²) in [5, 5.41) is 12.5. The van der Waals surface area contributed by atoms with Gasteiger partial charge in [-0.2, -0.15) is 0 Å². The average Bonchev–Trinajstić information content (AvgIpc) is 3.12. The van der Waals surface area contributed by atoms with Crippen LogP contribution in [0.2, 0.25) is 10.0 Å². The molecule has 0 aliphatic heterocycles. The number of halogens is 2. The Kier molecular flexibility index (Phi) is 6.66. The van der Waals surface area contributed by atoms with Crippen LogP contribution in [0.25, 0.3) is 10.6 Å². The van der Waals surface area contributed by atoms with Crippen molar-refractivity contribution < 1.29 is 13.2 Å². The molecule has 0 spiro atoms. The number of amides is 1. The molecule has 1 unspecified atom stereocenters. The van der Waals surface area contributed by atoms with E-state index in [9.17, 15) is 13.2 Å². The minimum Gasteiger partial charge on any atom is -0.299 e. The van der Waals surface area contributed by atoms with E-state index in [4.69, 9.17) is 23.2 Å². The maximum absolute atomic E-state index is 12.8. The van der Waals surface area contributed by atoms with Crippen LogP contribution in [0.15, 0.2) is 42.5 Å². The van der Waals surface area contributed by atoms with E-state index in [1.165, 1.54) is 24.3 Å². The summed E-state index contributed by atoms with van der Waals surface area (Å²) in [5.74, 6) is -0.545. The number of aromatic nitrogens is 2. The maximum Gasteiger partial charge on any atom is 0.249 e. The number of rotatable bonds is 6. The second-order valence-electron chi connectivity index (χ2n) is 6.58. The van der Waals surface area contributed by atoms with E-state index in [1.807, 2.05) is 0 Å². The number of nitrogens with zero attached hydrogens (tertiary/aromatic N) is 3. The Bertz CT molecular complexity index is 1180. The summed E-state index contributed by atoms with van der Waals surface area (Å²) in [7, 11) is -3.76. The van der Waals surface area contributed by atoms with E-state index in [-0.39, 0.29) is 5.13 Å². The molecule has 11 heteroatoms. The molecule has 0 aliphatic rings. The second kappa shape index (κ2) is 8.89. The standard InChI is InChI=1S/C19H18Cl2N4O3S2/c1-11-4-9-15(10-16(11)21)25(30(3,27)28)12(2)17(26)22-19-24-23-18(29-19)13-5-7-14(20)8-6-13/h4-10,12H,1-3H3,(H,22,24,26). The fourth-order valence-electron chi connectivity index (χ4n) is 2.72. The lowest BCUT2D eigenvalue weighted by Crippen LogP contribution is -2.45. The first-order chi connectivity index (χ1) is 14.1. The molecule has 30 heavy (non-hydrogen) atoms. The van der Waals surface area contributed by atoms with E-state index in [2.05, 4.69) is 15.5 Å². The molecule has 1 aromatic heterocycles. The highest BCUT2D eigenvalue weighted by Crippen LogP contribution is 2.29. The van der Waals surface area contributed by atoms with Gasteiger partial charge in [0.25, 0.3) is 0 Å². The van der Waals surface area contributed by atoms with Gasteiger partial charge in [0.05, 0.1) is 11.9 Å². The zero-order chi connectivity index (χ0) is 22.1. The molecule has 1 amide bonds. The number of hydrogen-bond donors (Lipinski definition) is 1. The van der Waals surface area contributed by atoms with Gasteiger partial charge in [0.15, 0.2) is 0 Å². The molecule has 0 aliphatic carbocycles. The highest BCUT2D eigenvalue weighted by molar-refractivity contribution is 7.92. The first-order valence-corrected chi connectivity index (χ1v) is 12.1. The predicted molar refractivity (Wildman–Crippen MR) is 122 cm³/mol. The van der Waals surface area contributed by atoms with Gasteiger partial charge in [-0.3, -0.25) is 14.4 Å². The van der Waals surface area contributed by atoms with Gasteiger partial charge < -0.3 is 0 Å². The maximum atomic E-state index is 12.8. The van der Waals surface area contributed by atoms with Gasteiger partial charge in [-0.25, -0.2) is 8.42 Å². The van der Waals surface area contributed by atoms with Crippen molar-refractivity contribution in [3.05, 3.63) is 58.1 Å². The largest absolute Gasteiger partial charge is 0.299 e. The fourth-order valence-corrected chi connectivity index (χ4v) is 4.94. The van der Waals surface area contributed by atoms with Gasteiger partial charge in [-0.05, 0) is 43.7 Å². The number of sulfonamides is 1. The number of hydrogen-bond acceptors (Lipinski definition) is 6. The van der Waals surface area contributed by atoms with E-state index in [1.54, 1.807) is 43.3 Å². The molecule has 0 radical (unpaired) electrons. The molecule has 158 valence electrons. The molecule has 2 aromatic carbocycles. The third-order valence-corrected chi connectivity index (χ3v) is 7.03. The minimum atomic E-state index is -3.76. The molecule has 1 heterocycles. The molecule has 1 N–H and O–H groups in total. The van der Waals surface area contributed by atoms with Crippen LogP contribution in [0.5, 0.6) is 0 Å². The zero-order valence-corrected chi connectivity index (χ0v) is 19.4. The van der Waals surface area contributed by atoms with E-state index >= 15 is 0 Å². The van der Waals surface area contributed by atoms with Gasteiger partial charge in [-0.1, -0.05) is 52.7 Å². The molecule has 1 atom stereocenters. The number of aryl methyl sites for hydroxylation is 1. The summed E-state index contributed by atoms with van der Waals surface area (Å²) in [6.07, 6.45) is 1.04. The lowest BCUT2D eigenvalue weighted by molar-refractivity contribution is -0.116. The Hall–Kier alpha value is -2.20. The number of anilines is 2. The van der Waals surface area contributed by atoms with Gasteiger partial charge in [0.2, 0.25) is 21.1 Å². The lowest BCUT2D eigenvalue weighted by Gasteiger charge is -2.28. The first kappa shape index (κ1) is 22.5. The Morgan fingerprint density at radius 1 is 1.13 bits per heavy atom. The molecular weight excluding hydrogens is 467 g/mol. The van der Waals surface area contributed by atoms with Crippen LogP contribution in [-0.2, 0) is 14.8 Å². The second-order valence-corrected chi connectivity index (χ2v) is 10.3. The lowest BCUT2D eigenvalue weighted by atomic mass is 10.2. The van der Waals surface area contributed by atoms with Crippen LogP contribution in [0, 0.1) is 6.92 Å². The van der Waals surface area contributed by atoms with Crippen LogP contribution >= 0.6 is 34.5 Å². The summed E-state index contributed by atoms with van der Waals surface area (Å²) in [5.41, 5.74) is 1.90. The smallest absolute Gasteiger partial charge is 0.249 e. The minimum absolute atomic E-state index is 0.257. The van der Waals surface area contributed by atoms with E-state index < -0.39 is 22.0 Å². The van der Waals surface area contributed by atoms with Gasteiger partial charge in [-0.15, -0.1) is 10.2 Å². The van der Waals surface area contributed by atoms with Crippen LogP contribution in [0.3, 0.4) is 0 Å². The van der Waals surface area contributed by atoms with Crippen molar-refractivity contribution in [2.75, 3.05) is 15.9 Å². The Morgan fingerprint density at radius 3 is 2.40 bits per heavy atom. The number of nitrogens with one attached hydrogen (secondary N) is 1. The Morgan fingerprint density at radius 2 is 1.80 bits per heavy atom. The average molecular weight is 485 g/mol. The van der Waals surface area contributed by atoms with Crippen LogP contribution < -0.4 is 9.62 Å². The molecule has 3 aromatic rings. The van der Waals surface area contributed by atoms with Crippen molar-refractivity contribution in [3.8, 4) is 10.6 Å². The van der Waals surface area contributed by atoms with Crippen molar-refractivity contribution in [2.24, 2.45) is 0 Å². The molecule has 0 saturated carbocycles. The van der Waals surface area contributed by atoms with Crippen molar-refractivity contribution in [1.29, 1.82) is 0 Å². The van der Waals surface area contributed by atoms with Gasteiger partial charge in [0.1, 0.15) is 11.0 Å². The summed E-state index contributed by atoms with van der Waals surface area (Å²) < 4.78 is 25.8. The van der Waals surface area contributed by atoms with Crippen molar-refractivity contribution in [2.45, 2.75) is 19.9 Å². The van der Waals surface area contributed by atoms with Crippen LogP contribution in [0.4, 0.5) is 10.8 Å². The van der Waals surface area contributed by atoms with Gasteiger partial charge >= 0.3 is 0 Å². The molecule has 0 bridgehead atoms. The predicted octanol–water partition coefficient (Wildman–Crippen LogP) is 4.61. The van der Waals surface area contributed by atoms with Crippen LogP contribution in [-0.4, -0.2) is 36.8 Å². The van der Waals surface area contributed by atoms with Crippen molar-refractivity contribution in [3.63, 3.8) is 0 Å². The Labute approximate surface area is 188 Å². The van der Waals surface area contributed by atoms with Crippen LogP contribution in [0.1, 0.15) is 12.5 Å². The number of benzene rings is 2. The third-order valence-electron chi connectivity index (χ3n) is 4.24. The normalized spacial score (nSPS) is 12.4. The monoisotopic (exact) mass is 484 g/mol. The highest BCUT2D eigenvalue weighted by Gasteiger charge is 2.30. The third kappa shape index (κ3) is 5.10. The van der Waals surface area contributed by atoms with E-state index in [0.29, 0.717) is 20.7 Å².